The molecule has 2 N–H and O–H groups in total. The Labute approximate surface area is 100.0 Å². The average Bonchev–Trinajstić information content (AvgIpc) is 2.94. The minimum atomic E-state index is 0.369. The fraction of sp³-hybridized carbons (Fsp3) is 0.500. The molecule has 2 heterocycles. The summed E-state index contributed by atoms with van der Waals surface area (Å²) in [6, 6.07) is 3.61. The minimum Gasteiger partial charge on any atom is -0.455 e. The van der Waals surface area contributed by atoms with Crippen LogP contribution in [0.3, 0.4) is 0 Å². The third-order valence-corrected chi connectivity index (χ3v) is 2.49. The topological polar surface area (TPSA) is 78.1 Å². The predicted molar refractivity (Wildman–Crippen MR) is 63.1 cm³/mol. The van der Waals surface area contributed by atoms with Gasteiger partial charge in [-0.1, -0.05) is 19.0 Å². The van der Waals surface area contributed by atoms with Crippen LogP contribution < -0.4 is 5.73 Å². The monoisotopic (exact) mass is 235 g/mol. The van der Waals surface area contributed by atoms with Crippen LogP contribution in [0.25, 0.3) is 11.7 Å². The highest BCUT2D eigenvalue weighted by Gasteiger charge is 2.12. The normalized spacial score (nSPS) is 11.3. The lowest BCUT2D eigenvalue weighted by molar-refractivity contribution is 0.402. The van der Waals surface area contributed by atoms with E-state index in [0.29, 0.717) is 29.9 Å². The molecule has 0 saturated carbocycles. The summed E-state index contributed by atoms with van der Waals surface area (Å²) in [6.07, 6.45) is 1.87. The first-order valence-electron chi connectivity index (χ1n) is 5.80. The van der Waals surface area contributed by atoms with E-state index in [4.69, 9.17) is 14.7 Å². The van der Waals surface area contributed by atoms with Gasteiger partial charge in [-0.3, -0.25) is 0 Å². The van der Waals surface area contributed by atoms with Crippen LogP contribution in [0.2, 0.25) is 0 Å². The van der Waals surface area contributed by atoms with E-state index < -0.39 is 0 Å². The van der Waals surface area contributed by atoms with E-state index in [1.165, 1.54) is 0 Å². The molecule has 0 spiro atoms. The predicted octanol–water partition coefficient (Wildman–Crippen LogP) is 2.38. The molecule has 2 rings (SSSR count). The van der Waals surface area contributed by atoms with Gasteiger partial charge in [-0.2, -0.15) is 4.98 Å². The molecule has 2 aromatic heterocycles. The highest BCUT2D eigenvalue weighted by Crippen LogP contribution is 2.20. The first kappa shape index (κ1) is 11.9. The summed E-state index contributed by atoms with van der Waals surface area (Å²) >= 11 is 0. The van der Waals surface area contributed by atoms with Crippen molar-refractivity contribution in [1.82, 2.24) is 10.1 Å². The summed E-state index contributed by atoms with van der Waals surface area (Å²) in [7, 11) is 0. The Bertz CT molecular complexity index is 474. The first-order valence-corrected chi connectivity index (χ1v) is 5.80. The molecule has 0 saturated heterocycles. The van der Waals surface area contributed by atoms with Crippen LogP contribution in [0.15, 0.2) is 21.1 Å². The van der Waals surface area contributed by atoms with Gasteiger partial charge in [-0.15, -0.1) is 0 Å². The highest BCUT2D eigenvalue weighted by molar-refractivity contribution is 5.44. The molecular formula is C12H17N3O2. The van der Waals surface area contributed by atoms with Crippen LogP contribution in [-0.2, 0) is 13.0 Å². The second kappa shape index (κ2) is 5.14. The number of hydrogen-bond acceptors (Lipinski definition) is 5. The maximum Gasteiger partial charge on any atom is 0.293 e. The van der Waals surface area contributed by atoms with Gasteiger partial charge in [0.05, 0.1) is 6.54 Å². The van der Waals surface area contributed by atoms with E-state index in [9.17, 15) is 0 Å². The molecule has 0 radical (unpaired) electrons. The average molecular weight is 235 g/mol. The molecule has 0 aliphatic rings. The van der Waals surface area contributed by atoms with Gasteiger partial charge < -0.3 is 14.7 Å². The van der Waals surface area contributed by atoms with Crippen molar-refractivity contribution < 1.29 is 8.94 Å². The Balaban J connectivity index is 2.07. The highest BCUT2D eigenvalue weighted by atomic mass is 16.5. The quantitative estimate of drug-likeness (QED) is 0.860. The lowest BCUT2D eigenvalue weighted by atomic mass is 10.1. The van der Waals surface area contributed by atoms with Gasteiger partial charge in [0.1, 0.15) is 5.76 Å². The zero-order valence-corrected chi connectivity index (χ0v) is 10.1. The first-order chi connectivity index (χ1) is 8.19. The van der Waals surface area contributed by atoms with Gasteiger partial charge in [0, 0.05) is 6.42 Å². The van der Waals surface area contributed by atoms with Crippen LogP contribution in [0.5, 0.6) is 0 Å². The molecular weight excluding hydrogens is 218 g/mol. The zero-order valence-electron chi connectivity index (χ0n) is 10.1. The zero-order chi connectivity index (χ0) is 12.3. The number of nitrogens with two attached hydrogens (primary N) is 1. The van der Waals surface area contributed by atoms with Crippen molar-refractivity contribution in [1.29, 1.82) is 0 Å². The van der Waals surface area contributed by atoms with Crippen molar-refractivity contribution in [3.63, 3.8) is 0 Å². The number of furan rings is 1. The fourth-order valence-corrected chi connectivity index (χ4v) is 1.48. The largest absolute Gasteiger partial charge is 0.455 e. The van der Waals surface area contributed by atoms with Crippen LogP contribution in [0.4, 0.5) is 0 Å². The Morgan fingerprint density at radius 1 is 1.35 bits per heavy atom. The molecule has 0 aliphatic carbocycles. The molecule has 2 aromatic rings. The standard InChI is InChI=1S/C12H17N3O2/c1-8(2)3-6-11-14-12(17-15-11)10-5-4-9(7-13)16-10/h4-5,8H,3,6-7,13H2,1-2H3. The molecule has 0 fully saturated rings. The summed E-state index contributed by atoms with van der Waals surface area (Å²) in [5.74, 6) is 3.06. The smallest absolute Gasteiger partial charge is 0.293 e. The summed E-state index contributed by atoms with van der Waals surface area (Å²) in [5, 5.41) is 3.92. The number of aromatic nitrogens is 2. The Morgan fingerprint density at radius 2 is 2.18 bits per heavy atom. The number of hydrogen-bond donors (Lipinski definition) is 1. The number of nitrogens with zero attached hydrogens (tertiary/aromatic N) is 2. The molecule has 5 heteroatoms. The minimum absolute atomic E-state index is 0.369. The van der Waals surface area contributed by atoms with Crippen LogP contribution in [0, 0.1) is 5.92 Å². The number of rotatable bonds is 5. The molecule has 0 aromatic carbocycles. The van der Waals surface area contributed by atoms with Crippen LogP contribution >= 0.6 is 0 Å². The SMILES string of the molecule is CC(C)CCc1noc(-c2ccc(CN)o2)n1. The van der Waals surface area contributed by atoms with Crippen LogP contribution in [-0.4, -0.2) is 10.1 Å². The van der Waals surface area contributed by atoms with E-state index in [-0.39, 0.29) is 0 Å². The molecule has 92 valence electrons. The second-order valence-electron chi connectivity index (χ2n) is 4.42. The molecule has 0 aliphatic heterocycles. The molecule has 0 unspecified atom stereocenters. The van der Waals surface area contributed by atoms with Crippen molar-refractivity contribution in [3.8, 4) is 11.7 Å². The summed E-state index contributed by atoms with van der Waals surface area (Å²) in [6.45, 7) is 4.70. The molecule has 5 nitrogen and oxygen atoms in total. The lowest BCUT2D eigenvalue weighted by Gasteiger charge is -1.98. The van der Waals surface area contributed by atoms with Crippen molar-refractivity contribution >= 4 is 0 Å². The van der Waals surface area contributed by atoms with E-state index in [2.05, 4.69) is 24.0 Å². The molecule has 0 bridgehead atoms. The fourth-order valence-electron chi connectivity index (χ4n) is 1.48. The maximum absolute atomic E-state index is 5.47. The summed E-state index contributed by atoms with van der Waals surface area (Å²) in [5.41, 5.74) is 5.47. The van der Waals surface area contributed by atoms with Gasteiger partial charge in [-0.05, 0) is 24.5 Å². The Kier molecular flexibility index (Phi) is 3.58. The molecule has 0 atom stereocenters. The van der Waals surface area contributed by atoms with E-state index in [1.54, 1.807) is 6.07 Å². The molecule has 0 amide bonds. The van der Waals surface area contributed by atoms with Gasteiger partial charge in [0.15, 0.2) is 11.6 Å². The molecule has 17 heavy (non-hydrogen) atoms. The van der Waals surface area contributed by atoms with Gasteiger partial charge in [-0.25, -0.2) is 0 Å². The van der Waals surface area contributed by atoms with E-state index in [1.807, 2.05) is 6.07 Å². The Hall–Kier alpha value is -1.62. The van der Waals surface area contributed by atoms with E-state index in [0.717, 1.165) is 18.7 Å². The van der Waals surface area contributed by atoms with Crippen molar-refractivity contribution in [2.75, 3.05) is 0 Å². The Morgan fingerprint density at radius 3 is 2.82 bits per heavy atom. The van der Waals surface area contributed by atoms with Gasteiger partial charge in [0.2, 0.25) is 0 Å². The van der Waals surface area contributed by atoms with Gasteiger partial charge >= 0.3 is 0 Å². The van der Waals surface area contributed by atoms with Crippen molar-refractivity contribution in [2.45, 2.75) is 33.2 Å². The van der Waals surface area contributed by atoms with Gasteiger partial charge in [0.25, 0.3) is 5.89 Å². The third kappa shape index (κ3) is 2.94. The summed E-state index contributed by atoms with van der Waals surface area (Å²) < 4.78 is 10.6. The van der Waals surface area contributed by atoms with Crippen molar-refractivity contribution in [2.24, 2.45) is 11.7 Å². The third-order valence-electron chi connectivity index (χ3n) is 2.49. The van der Waals surface area contributed by atoms with E-state index >= 15 is 0 Å². The number of aryl methyl sites for hydroxylation is 1. The van der Waals surface area contributed by atoms with Crippen LogP contribution in [0.1, 0.15) is 31.9 Å². The summed E-state index contributed by atoms with van der Waals surface area (Å²) in [4.78, 5) is 4.29. The van der Waals surface area contributed by atoms with Crippen molar-refractivity contribution in [3.05, 3.63) is 23.7 Å². The second-order valence-corrected chi connectivity index (χ2v) is 4.42. The lowest BCUT2D eigenvalue weighted by Crippen LogP contribution is -1.94. The maximum atomic E-state index is 5.47.